The zero-order valence-electron chi connectivity index (χ0n) is 14.5. The molecule has 0 saturated heterocycles. The second-order valence-electron chi connectivity index (χ2n) is 6.18. The van der Waals surface area contributed by atoms with Crippen molar-refractivity contribution in [1.82, 2.24) is 20.0 Å². The maximum absolute atomic E-state index is 12.3. The normalized spacial score (nSPS) is 11.8. The fourth-order valence-corrected chi connectivity index (χ4v) is 3.77. The van der Waals surface area contributed by atoms with Crippen LogP contribution in [0.2, 0.25) is 0 Å². The number of para-hydroxylation sites is 2. The van der Waals surface area contributed by atoms with Crippen LogP contribution in [-0.2, 0) is 16.6 Å². The molecular formula is C18H20N4O3S. The molecule has 0 fully saturated rings. The summed E-state index contributed by atoms with van der Waals surface area (Å²) in [4.78, 5) is 19.9. The SMILES string of the molecule is CC(C)NS(=O)(=O)c1ccc(C(=O)NCc2nc3ccccc3[nH]2)cc1. The van der Waals surface area contributed by atoms with Crippen LogP contribution in [0.15, 0.2) is 53.4 Å². The molecule has 1 heterocycles. The van der Waals surface area contributed by atoms with E-state index in [1.54, 1.807) is 13.8 Å². The van der Waals surface area contributed by atoms with Gasteiger partial charge in [-0.15, -0.1) is 0 Å². The van der Waals surface area contributed by atoms with Crippen LogP contribution in [-0.4, -0.2) is 30.3 Å². The predicted octanol–water partition coefficient (Wildman–Crippen LogP) is 2.18. The molecule has 0 aliphatic heterocycles. The van der Waals surface area contributed by atoms with Crippen molar-refractivity contribution in [3.63, 3.8) is 0 Å². The van der Waals surface area contributed by atoms with Crippen LogP contribution in [0.3, 0.4) is 0 Å². The molecule has 0 aliphatic rings. The van der Waals surface area contributed by atoms with Crippen LogP contribution in [0.5, 0.6) is 0 Å². The Morgan fingerprint density at radius 1 is 1.12 bits per heavy atom. The quantitative estimate of drug-likeness (QED) is 0.617. The van der Waals surface area contributed by atoms with Gasteiger partial charge in [-0.25, -0.2) is 18.1 Å². The minimum atomic E-state index is -3.57. The maximum atomic E-state index is 12.3. The minimum absolute atomic E-state index is 0.125. The molecule has 0 spiro atoms. The molecule has 0 atom stereocenters. The number of fused-ring (bicyclic) bond motifs is 1. The van der Waals surface area contributed by atoms with E-state index < -0.39 is 10.0 Å². The third kappa shape index (κ3) is 4.09. The van der Waals surface area contributed by atoms with Crippen LogP contribution in [0.4, 0.5) is 0 Å². The first-order valence-corrected chi connectivity index (χ1v) is 9.68. The second-order valence-corrected chi connectivity index (χ2v) is 7.90. The summed E-state index contributed by atoms with van der Waals surface area (Å²) in [6.07, 6.45) is 0. The number of benzene rings is 2. The zero-order chi connectivity index (χ0) is 18.7. The Morgan fingerprint density at radius 3 is 2.46 bits per heavy atom. The van der Waals surface area contributed by atoms with Crippen molar-refractivity contribution in [2.75, 3.05) is 0 Å². The summed E-state index contributed by atoms with van der Waals surface area (Å²) in [7, 11) is -3.57. The van der Waals surface area contributed by atoms with E-state index in [0.717, 1.165) is 11.0 Å². The van der Waals surface area contributed by atoms with Gasteiger partial charge in [0.25, 0.3) is 5.91 Å². The van der Waals surface area contributed by atoms with Gasteiger partial charge in [0.2, 0.25) is 10.0 Å². The molecule has 2 aromatic carbocycles. The number of rotatable bonds is 6. The number of carbonyl (C=O) groups excluding carboxylic acids is 1. The van der Waals surface area contributed by atoms with Gasteiger partial charge in [0, 0.05) is 11.6 Å². The molecule has 3 N–H and O–H groups in total. The molecule has 0 radical (unpaired) electrons. The van der Waals surface area contributed by atoms with Crippen molar-refractivity contribution in [3.05, 3.63) is 59.9 Å². The monoisotopic (exact) mass is 372 g/mol. The number of hydrogen-bond acceptors (Lipinski definition) is 4. The Bertz CT molecular complexity index is 991. The number of hydrogen-bond donors (Lipinski definition) is 3. The van der Waals surface area contributed by atoms with E-state index in [0.29, 0.717) is 11.4 Å². The van der Waals surface area contributed by atoms with E-state index >= 15 is 0 Å². The van der Waals surface area contributed by atoms with Gasteiger partial charge < -0.3 is 10.3 Å². The third-order valence-electron chi connectivity index (χ3n) is 3.67. The number of sulfonamides is 1. The lowest BCUT2D eigenvalue weighted by Gasteiger charge is -2.10. The number of nitrogens with one attached hydrogen (secondary N) is 3. The van der Waals surface area contributed by atoms with Gasteiger partial charge in [-0.2, -0.15) is 0 Å². The number of nitrogens with zero attached hydrogens (tertiary/aromatic N) is 1. The van der Waals surface area contributed by atoms with Crippen molar-refractivity contribution < 1.29 is 13.2 Å². The number of aromatic nitrogens is 2. The fraction of sp³-hybridized carbons (Fsp3) is 0.222. The molecule has 8 heteroatoms. The maximum Gasteiger partial charge on any atom is 0.251 e. The van der Waals surface area contributed by atoms with Crippen LogP contribution in [0, 0.1) is 0 Å². The Hall–Kier alpha value is -2.71. The topological polar surface area (TPSA) is 104 Å². The van der Waals surface area contributed by atoms with Crippen molar-refractivity contribution in [1.29, 1.82) is 0 Å². The molecule has 0 aliphatic carbocycles. The number of amides is 1. The Morgan fingerprint density at radius 2 is 1.81 bits per heavy atom. The largest absolute Gasteiger partial charge is 0.345 e. The molecule has 7 nitrogen and oxygen atoms in total. The van der Waals surface area contributed by atoms with E-state index in [9.17, 15) is 13.2 Å². The molecule has 1 amide bonds. The van der Waals surface area contributed by atoms with Gasteiger partial charge in [-0.3, -0.25) is 4.79 Å². The highest BCUT2D eigenvalue weighted by atomic mass is 32.2. The van der Waals surface area contributed by atoms with E-state index in [1.165, 1.54) is 24.3 Å². The standard InChI is InChI=1S/C18H20N4O3S/c1-12(2)22-26(24,25)14-9-7-13(8-10-14)18(23)19-11-17-20-15-5-3-4-6-16(15)21-17/h3-10,12,22H,11H2,1-2H3,(H,19,23)(H,20,21). The molecule has 136 valence electrons. The number of aromatic amines is 1. The first kappa shape index (κ1) is 18.1. The Balaban J connectivity index is 1.66. The molecule has 0 saturated carbocycles. The minimum Gasteiger partial charge on any atom is -0.345 e. The summed E-state index contributed by atoms with van der Waals surface area (Å²) in [6, 6.07) is 13.2. The molecule has 0 unspecified atom stereocenters. The lowest BCUT2D eigenvalue weighted by atomic mass is 10.2. The predicted molar refractivity (Wildman–Crippen MR) is 99.2 cm³/mol. The van der Waals surface area contributed by atoms with Crippen LogP contribution in [0.1, 0.15) is 30.0 Å². The van der Waals surface area contributed by atoms with E-state index in [2.05, 4.69) is 20.0 Å². The fourth-order valence-electron chi connectivity index (χ4n) is 2.52. The van der Waals surface area contributed by atoms with Crippen molar-refractivity contribution in [3.8, 4) is 0 Å². The van der Waals surface area contributed by atoms with Gasteiger partial charge in [0.05, 0.1) is 22.5 Å². The highest BCUT2D eigenvalue weighted by molar-refractivity contribution is 7.89. The summed E-state index contributed by atoms with van der Waals surface area (Å²) in [5.74, 6) is 0.353. The number of imidazole rings is 1. The lowest BCUT2D eigenvalue weighted by molar-refractivity contribution is 0.0950. The second kappa shape index (κ2) is 7.27. The van der Waals surface area contributed by atoms with Gasteiger partial charge in [-0.05, 0) is 50.2 Å². The van der Waals surface area contributed by atoms with Gasteiger partial charge in [-0.1, -0.05) is 12.1 Å². The molecule has 3 rings (SSSR count). The number of carbonyl (C=O) groups is 1. The first-order chi connectivity index (χ1) is 12.3. The summed E-state index contributed by atoms with van der Waals surface area (Å²) in [6.45, 7) is 3.75. The van der Waals surface area contributed by atoms with Crippen molar-refractivity contribution >= 4 is 27.0 Å². The smallest absolute Gasteiger partial charge is 0.251 e. The van der Waals surface area contributed by atoms with Crippen LogP contribution < -0.4 is 10.0 Å². The van der Waals surface area contributed by atoms with Crippen LogP contribution in [0.25, 0.3) is 11.0 Å². The summed E-state index contributed by atoms with van der Waals surface area (Å²) in [5.41, 5.74) is 2.12. The summed E-state index contributed by atoms with van der Waals surface area (Å²) in [5, 5.41) is 2.77. The third-order valence-corrected chi connectivity index (χ3v) is 5.35. The Kier molecular flexibility index (Phi) is 5.06. The number of H-pyrrole nitrogens is 1. The average molecular weight is 372 g/mol. The van der Waals surface area contributed by atoms with E-state index in [1.807, 2.05) is 24.3 Å². The Labute approximate surface area is 151 Å². The molecule has 0 bridgehead atoms. The first-order valence-electron chi connectivity index (χ1n) is 8.19. The van der Waals surface area contributed by atoms with Crippen LogP contribution >= 0.6 is 0 Å². The zero-order valence-corrected chi connectivity index (χ0v) is 15.3. The van der Waals surface area contributed by atoms with Crippen molar-refractivity contribution in [2.24, 2.45) is 0 Å². The van der Waals surface area contributed by atoms with Gasteiger partial charge in [0.15, 0.2) is 0 Å². The van der Waals surface area contributed by atoms with E-state index in [-0.39, 0.29) is 23.4 Å². The highest BCUT2D eigenvalue weighted by Gasteiger charge is 2.16. The van der Waals surface area contributed by atoms with Crippen molar-refractivity contribution in [2.45, 2.75) is 31.3 Å². The highest BCUT2D eigenvalue weighted by Crippen LogP contribution is 2.12. The molecule has 3 aromatic rings. The van der Waals surface area contributed by atoms with Gasteiger partial charge >= 0.3 is 0 Å². The van der Waals surface area contributed by atoms with Gasteiger partial charge in [0.1, 0.15) is 5.82 Å². The summed E-state index contributed by atoms with van der Waals surface area (Å²) >= 11 is 0. The molecule has 1 aromatic heterocycles. The molecule has 26 heavy (non-hydrogen) atoms. The average Bonchev–Trinajstić information content (AvgIpc) is 3.01. The summed E-state index contributed by atoms with van der Waals surface area (Å²) < 4.78 is 26.7. The van der Waals surface area contributed by atoms with E-state index in [4.69, 9.17) is 0 Å². The molecular weight excluding hydrogens is 352 g/mol. The lowest BCUT2D eigenvalue weighted by Crippen LogP contribution is -2.30.